The monoisotopic (exact) mass is 279 g/mol. The summed E-state index contributed by atoms with van der Waals surface area (Å²) in [6, 6.07) is 5.90. The Balaban J connectivity index is 1.96. The van der Waals surface area contributed by atoms with Crippen molar-refractivity contribution in [3.05, 3.63) is 23.8 Å². The SMILES string of the molecule is COc1ccc(COC2CCCCC2CN)cc1OC. The summed E-state index contributed by atoms with van der Waals surface area (Å²) in [5, 5.41) is 0. The van der Waals surface area contributed by atoms with E-state index in [0.717, 1.165) is 30.0 Å². The van der Waals surface area contributed by atoms with Crippen molar-refractivity contribution in [3.63, 3.8) is 0 Å². The highest BCUT2D eigenvalue weighted by atomic mass is 16.5. The number of benzene rings is 1. The fourth-order valence-corrected chi connectivity index (χ4v) is 2.84. The molecule has 0 saturated heterocycles. The standard InChI is InChI=1S/C16H25NO3/c1-18-15-8-7-12(9-16(15)19-2)11-20-14-6-4-3-5-13(14)10-17/h7-9,13-14H,3-6,10-11,17H2,1-2H3. The zero-order valence-electron chi connectivity index (χ0n) is 12.4. The van der Waals surface area contributed by atoms with Crippen LogP contribution in [0.5, 0.6) is 11.5 Å². The van der Waals surface area contributed by atoms with Crippen LogP contribution in [0.1, 0.15) is 31.2 Å². The topological polar surface area (TPSA) is 53.7 Å². The van der Waals surface area contributed by atoms with Gasteiger partial charge in [-0.05, 0) is 43.0 Å². The Labute approximate surface area is 121 Å². The van der Waals surface area contributed by atoms with Crippen LogP contribution in [-0.4, -0.2) is 26.9 Å². The van der Waals surface area contributed by atoms with E-state index < -0.39 is 0 Å². The Bertz CT molecular complexity index is 422. The number of hydrogen-bond donors (Lipinski definition) is 1. The first-order valence-corrected chi connectivity index (χ1v) is 7.31. The summed E-state index contributed by atoms with van der Waals surface area (Å²) in [6.07, 6.45) is 5.12. The van der Waals surface area contributed by atoms with Gasteiger partial charge in [-0.25, -0.2) is 0 Å². The van der Waals surface area contributed by atoms with Crippen molar-refractivity contribution >= 4 is 0 Å². The molecule has 2 atom stereocenters. The molecule has 0 amide bonds. The molecule has 1 fully saturated rings. The maximum absolute atomic E-state index is 6.07. The number of ether oxygens (including phenoxy) is 3. The zero-order chi connectivity index (χ0) is 14.4. The molecule has 2 unspecified atom stereocenters. The van der Waals surface area contributed by atoms with Crippen LogP contribution in [-0.2, 0) is 11.3 Å². The lowest BCUT2D eigenvalue weighted by Crippen LogP contribution is -2.33. The third-order valence-electron chi connectivity index (χ3n) is 4.05. The molecule has 4 nitrogen and oxygen atoms in total. The average molecular weight is 279 g/mol. The Kier molecular flexibility index (Phi) is 5.68. The molecule has 1 aliphatic carbocycles. The molecule has 20 heavy (non-hydrogen) atoms. The van der Waals surface area contributed by atoms with Crippen LogP contribution in [0.3, 0.4) is 0 Å². The van der Waals surface area contributed by atoms with Gasteiger partial charge in [0.15, 0.2) is 11.5 Å². The number of hydrogen-bond acceptors (Lipinski definition) is 4. The van der Waals surface area contributed by atoms with Gasteiger partial charge in [-0.3, -0.25) is 0 Å². The zero-order valence-corrected chi connectivity index (χ0v) is 12.4. The van der Waals surface area contributed by atoms with E-state index in [9.17, 15) is 0 Å². The van der Waals surface area contributed by atoms with Crippen LogP contribution < -0.4 is 15.2 Å². The summed E-state index contributed by atoms with van der Waals surface area (Å²) in [6.45, 7) is 1.32. The summed E-state index contributed by atoms with van der Waals surface area (Å²) in [7, 11) is 3.29. The number of nitrogens with two attached hydrogens (primary N) is 1. The summed E-state index contributed by atoms with van der Waals surface area (Å²) in [5.41, 5.74) is 6.93. The van der Waals surface area contributed by atoms with Crippen LogP contribution >= 0.6 is 0 Å². The Morgan fingerprint density at radius 1 is 1.10 bits per heavy atom. The van der Waals surface area contributed by atoms with Gasteiger partial charge in [0.25, 0.3) is 0 Å². The van der Waals surface area contributed by atoms with Crippen LogP contribution in [0.4, 0.5) is 0 Å². The fourth-order valence-electron chi connectivity index (χ4n) is 2.84. The highest BCUT2D eigenvalue weighted by Gasteiger charge is 2.24. The van der Waals surface area contributed by atoms with Crippen molar-refractivity contribution in [2.45, 2.75) is 38.4 Å². The van der Waals surface area contributed by atoms with E-state index in [1.165, 1.54) is 19.3 Å². The second-order valence-corrected chi connectivity index (χ2v) is 5.32. The molecule has 1 aromatic carbocycles. The molecule has 1 aliphatic rings. The van der Waals surface area contributed by atoms with E-state index in [1.807, 2.05) is 18.2 Å². The van der Waals surface area contributed by atoms with Crippen LogP contribution in [0, 0.1) is 5.92 Å². The van der Waals surface area contributed by atoms with E-state index >= 15 is 0 Å². The van der Waals surface area contributed by atoms with Crippen molar-refractivity contribution in [2.24, 2.45) is 11.7 Å². The lowest BCUT2D eigenvalue weighted by Gasteiger charge is -2.30. The minimum absolute atomic E-state index is 0.293. The van der Waals surface area contributed by atoms with Gasteiger partial charge in [0.05, 0.1) is 26.9 Å². The Morgan fingerprint density at radius 2 is 1.85 bits per heavy atom. The van der Waals surface area contributed by atoms with Gasteiger partial charge >= 0.3 is 0 Å². The van der Waals surface area contributed by atoms with Crippen molar-refractivity contribution in [1.29, 1.82) is 0 Å². The summed E-state index contributed by atoms with van der Waals surface area (Å²) in [4.78, 5) is 0. The lowest BCUT2D eigenvalue weighted by molar-refractivity contribution is -0.0183. The van der Waals surface area contributed by atoms with Crippen molar-refractivity contribution in [1.82, 2.24) is 0 Å². The van der Waals surface area contributed by atoms with Crippen molar-refractivity contribution in [2.75, 3.05) is 20.8 Å². The maximum atomic E-state index is 6.07. The average Bonchev–Trinajstić information content (AvgIpc) is 2.52. The minimum Gasteiger partial charge on any atom is -0.493 e. The van der Waals surface area contributed by atoms with Gasteiger partial charge < -0.3 is 19.9 Å². The molecule has 0 aliphatic heterocycles. The molecule has 1 saturated carbocycles. The van der Waals surface area contributed by atoms with E-state index in [0.29, 0.717) is 18.6 Å². The van der Waals surface area contributed by atoms with Crippen molar-refractivity contribution < 1.29 is 14.2 Å². The highest BCUT2D eigenvalue weighted by molar-refractivity contribution is 5.42. The van der Waals surface area contributed by atoms with E-state index in [1.54, 1.807) is 14.2 Å². The summed E-state index contributed by atoms with van der Waals surface area (Å²) >= 11 is 0. The second kappa shape index (κ2) is 7.50. The van der Waals surface area contributed by atoms with E-state index in [2.05, 4.69) is 0 Å². The van der Waals surface area contributed by atoms with Crippen molar-refractivity contribution in [3.8, 4) is 11.5 Å². The maximum Gasteiger partial charge on any atom is 0.161 e. The fraction of sp³-hybridized carbons (Fsp3) is 0.625. The van der Waals surface area contributed by atoms with Gasteiger partial charge in [0.1, 0.15) is 0 Å². The molecule has 0 spiro atoms. The molecule has 2 rings (SSSR count). The van der Waals surface area contributed by atoms with Gasteiger partial charge in [0.2, 0.25) is 0 Å². The summed E-state index contributed by atoms with van der Waals surface area (Å²) in [5.74, 6) is 1.99. The first kappa shape index (κ1) is 15.1. The smallest absolute Gasteiger partial charge is 0.161 e. The van der Waals surface area contributed by atoms with Crippen LogP contribution in [0.2, 0.25) is 0 Å². The third-order valence-corrected chi connectivity index (χ3v) is 4.05. The lowest BCUT2D eigenvalue weighted by atomic mass is 9.86. The quantitative estimate of drug-likeness (QED) is 0.870. The minimum atomic E-state index is 0.293. The van der Waals surface area contributed by atoms with Gasteiger partial charge in [0, 0.05) is 0 Å². The van der Waals surface area contributed by atoms with Gasteiger partial charge in [-0.1, -0.05) is 18.9 Å². The molecule has 0 heterocycles. The Morgan fingerprint density at radius 3 is 2.55 bits per heavy atom. The first-order valence-electron chi connectivity index (χ1n) is 7.31. The van der Waals surface area contributed by atoms with Crippen LogP contribution in [0.25, 0.3) is 0 Å². The largest absolute Gasteiger partial charge is 0.493 e. The first-order chi connectivity index (χ1) is 9.78. The predicted molar refractivity (Wildman–Crippen MR) is 79.1 cm³/mol. The molecule has 112 valence electrons. The molecule has 1 aromatic rings. The molecule has 0 bridgehead atoms. The third kappa shape index (κ3) is 3.64. The van der Waals surface area contributed by atoms with Crippen LogP contribution in [0.15, 0.2) is 18.2 Å². The van der Waals surface area contributed by atoms with E-state index in [4.69, 9.17) is 19.9 Å². The predicted octanol–water partition coefficient (Wildman–Crippen LogP) is 2.74. The summed E-state index contributed by atoms with van der Waals surface area (Å²) < 4.78 is 16.6. The molecular formula is C16H25NO3. The highest BCUT2D eigenvalue weighted by Crippen LogP contribution is 2.30. The van der Waals surface area contributed by atoms with E-state index in [-0.39, 0.29) is 0 Å². The molecule has 0 aromatic heterocycles. The normalized spacial score (nSPS) is 22.6. The number of methoxy groups -OCH3 is 2. The molecule has 2 N–H and O–H groups in total. The van der Waals surface area contributed by atoms with Gasteiger partial charge in [-0.15, -0.1) is 0 Å². The molecular weight excluding hydrogens is 254 g/mol. The second-order valence-electron chi connectivity index (χ2n) is 5.32. The molecule has 4 heteroatoms. The van der Waals surface area contributed by atoms with Gasteiger partial charge in [-0.2, -0.15) is 0 Å². The number of rotatable bonds is 6. The Hall–Kier alpha value is -1.26. The molecule has 0 radical (unpaired) electrons.